The lowest BCUT2D eigenvalue weighted by Gasteiger charge is -2.40. The van der Waals surface area contributed by atoms with Crippen LogP contribution in [0.1, 0.15) is 73.2 Å². The molecule has 0 spiro atoms. The molecule has 2 aliphatic rings. The molecule has 2 fully saturated rings. The number of carbonyl (C=O) groups excluding carboxylic acids is 2. The van der Waals surface area contributed by atoms with E-state index in [1.807, 2.05) is 54.6 Å². The molecule has 12 nitrogen and oxygen atoms in total. The van der Waals surface area contributed by atoms with Gasteiger partial charge in [0, 0.05) is 76.5 Å². The van der Waals surface area contributed by atoms with E-state index >= 15 is 0 Å². The second-order valence-electron chi connectivity index (χ2n) is 13.4. The number of amides is 2. The van der Waals surface area contributed by atoms with Crippen LogP contribution in [0.5, 0.6) is 0 Å². The summed E-state index contributed by atoms with van der Waals surface area (Å²) in [5.74, 6) is 0.322. The van der Waals surface area contributed by atoms with Crippen molar-refractivity contribution in [3.8, 4) is 11.1 Å². The molecule has 0 saturated carbocycles. The van der Waals surface area contributed by atoms with Gasteiger partial charge in [-0.05, 0) is 58.9 Å². The number of rotatable bonds is 15. The van der Waals surface area contributed by atoms with Gasteiger partial charge in [0.05, 0.1) is 18.8 Å². The number of aliphatic hydroxyl groups is 1. The number of nitrogens with zero attached hydrogens (tertiary/aromatic N) is 4. The average molecular weight is 709 g/mol. The van der Waals surface area contributed by atoms with Gasteiger partial charge in [-0.2, -0.15) is 0 Å². The molecule has 2 saturated heterocycles. The van der Waals surface area contributed by atoms with E-state index < -0.39 is 12.2 Å². The van der Waals surface area contributed by atoms with Gasteiger partial charge >= 0.3 is 0 Å². The first-order valence-corrected chi connectivity index (χ1v) is 18.1. The molecular weight excluding hydrogens is 660 g/mol. The van der Waals surface area contributed by atoms with Gasteiger partial charge in [-0.3, -0.25) is 19.7 Å². The molecule has 0 unspecified atom stereocenters. The Kier molecular flexibility index (Phi) is 13.3. The van der Waals surface area contributed by atoms with Crippen LogP contribution in [0.25, 0.3) is 11.1 Å². The van der Waals surface area contributed by atoms with Crippen molar-refractivity contribution < 1.29 is 29.4 Å². The van der Waals surface area contributed by atoms with Gasteiger partial charge in [-0.1, -0.05) is 67.1 Å². The summed E-state index contributed by atoms with van der Waals surface area (Å²) in [4.78, 5) is 37.1. The smallest absolute Gasteiger partial charge is 0.243 e. The van der Waals surface area contributed by atoms with E-state index in [1.165, 1.54) is 0 Å². The minimum Gasteiger partial charge on any atom is -0.392 e. The number of hydrogen-bond acceptors (Lipinski definition) is 10. The second-order valence-corrected chi connectivity index (χ2v) is 13.4. The number of piperazine rings is 1. The van der Waals surface area contributed by atoms with Crippen LogP contribution >= 0.6 is 0 Å². The van der Waals surface area contributed by atoms with Crippen molar-refractivity contribution in [3.05, 3.63) is 114 Å². The topological polar surface area (TPSA) is 149 Å². The standard InChI is InChI=1S/C40H48N6O6/c47-28-29-13-15-31(16-14-29)36-25-35(27-45-19-21-46(22-20-45)40-41-17-6-18-42-40)51-39(52-36)34-10-5-9-33(24-34)32-8-4-7-30(23-32)26-43-37(48)11-2-1-3-12-38(49)44-50/h4-10,13-18,23-24,35-36,39,47,50H,1-3,11-12,19-22,25-28H2,(H,43,48)(H,44,49)/t35-,36+,39+/m1/s1. The second kappa shape index (κ2) is 18.7. The molecule has 274 valence electrons. The molecule has 4 aromatic rings. The Morgan fingerprint density at radius 1 is 0.769 bits per heavy atom. The van der Waals surface area contributed by atoms with Crippen molar-refractivity contribution >= 4 is 17.8 Å². The maximum absolute atomic E-state index is 12.5. The summed E-state index contributed by atoms with van der Waals surface area (Å²) in [5.41, 5.74) is 7.52. The van der Waals surface area contributed by atoms with Crippen molar-refractivity contribution in [2.45, 2.75) is 70.2 Å². The lowest BCUT2D eigenvalue weighted by molar-refractivity contribution is -0.253. The third-order valence-corrected chi connectivity index (χ3v) is 9.63. The lowest BCUT2D eigenvalue weighted by atomic mass is 9.98. The molecule has 2 aliphatic heterocycles. The molecule has 52 heavy (non-hydrogen) atoms. The summed E-state index contributed by atoms with van der Waals surface area (Å²) < 4.78 is 13.4. The monoisotopic (exact) mass is 708 g/mol. The minimum atomic E-state index is -0.569. The van der Waals surface area contributed by atoms with E-state index in [9.17, 15) is 14.7 Å². The fourth-order valence-corrected chi connectivity index (χ4v) is 6.72. The SMILES string of the molecule is O=C(CCCCCC(=O)NCc1cccc(-c2cccc([C@H]3O[C@@H](CN4CCN(c5ncccn5)CC4)C[C@@H](c4ccc(CO)cc4)O3)c2)c1)NO. The number of aliphatic hydroxyl groups excluding tert-OH is 1. The normalized spacial score (nSPS) is 19.3. The zero-order chi connectivity index (χ0) is 36.1. The van der Waals surface area contributed by atoms with E-state index in [1.54, 1.807) is 17.9 Å². The van der Waals surface area contributed by atoms with Gasteiger partial charge in [0.15, 0.2) is 6.29 Å². The van der Waals surface area contributed by atoms with Crippen molar-refractivity contribution in [2.24, 2.45) is 0 Å². The summed E-state index contributed by atoms with van der Waals surface area (Å²) in [6.45, 7) is 4.66. The zero-order valence-electron chi connectivity index (χ0n) is 29.4. The van der Waals surface area contributed by atoms with E-state index in [2.05, 4.69) is 49.4 Å². The highest BCUT2D eigenvalue weighted by Crippen LogP contribution is 2.39. The minimum absolute atomic E-state index is 0.00439. The number of aromatic nitrogens is 2. The van der Waals surface area contributed by atoms with E-state index in [0.717, 1.165) is 78.5 Å². The van der Waals surface area contributed by atoms with Crippen LogP contribution in [0.4, 0.5) is 5.95 Å². The number of hydroxylamine groups is 1. The molecule has 0 bridgehead atoms. The summed E-state index contributed by atoms with van der Waals surface area (Å²) >= 11 is 0. The van der Waals surface area contributed by atoms with Gasteiger partial charge in [0.1, 0.15) is 0 Å². The number of carbonyl (C=O) groups is 2. The van der Waals surface area contributed by atoms with Crippen LogP contribution in [-0.4, -0.2) is 75.8 Å². The summed E-state index contributed by atoms with van der Waals surface area (Å²) in [7, 11) is 0. The molecule has 3 atom stereocenters. The molecule has 4 N–H and O–H groups in total. The third kappa shape index (κ3) is 10.4. The average Bonchev–Trinajstić information content (AvgIpc) is 3.20. The predicted molar refractivity (Wildman–Crippen MR) is 196 cm³/mol. The first-order chi connectivity index (χ1) is 25.5. The molecule has 0 aliphatic carbocycles. The number of ether oxygens (including phenoxy) is 2. The molecule has 12 heteroatoms. The Hall–Kier alpha value is -4.72. The first kappa shape index (κ1) is 37.1. The zero-order valence-corrected chi connectivity index (χ0v) is 29.4. The van der Waals surface area contributed by atoms with E-state index in [-0.39, 0.29) is 31.1 Å². The van der Waals surface area contributed by atoms with E-state index in [4.69, 9.17) is 14.7 Å². The number of nitrogens with one attached hydrogen (secondary N) is 2. The van der Waals surface area contributed by atoms with Crippen LogP contribution in [0.3, 0.4) is 0 Å². The van der Waals surface area contributed by atoms with Crippen LogP contribution in [0, 0.1) is 0 Å². The predicted octanol–water partition coefficient (Wildman–Crippen LogP) is 5.08. The fourth-order valence-electron chi connectivity index (χ4n) is 6.72. The van der Waals surface area contributed by atoms with Crippen molar-refractivity contribution in [1.82, 2.24) is 25.7 Å². The Balaban J connectivity index is 1.10. The van der Waals surface area contributed by atoms with Crippen LogP contribution in [0.15, 0.2) is 91.3 Å². The largest absolute Gasteiger partial charge is 0.392 e. The molecule has 2 amide bonds. The van der Waals surface area contributed by atoms with Crippen molar-refractivity contribution in [2.75, 3.05) is 37.6 Å². The number of anilines is 1. The Morgan fingerprint density at radius 3 is 2.21 bits per heavy atom. The highest BCUT2D eigenvalue weighted by atomic mass is 16.7. The van der Waals surface area contributed by atoms with Crippen molar-refractivity contribution in [1.29, 1.82) is 0 Å². The van der Waals surface area contributed by atoms with Crippen molar-refractivity contribution in [3.63, 3.8) is 0 Å². The summed E-state index contributed by atoms with van der Waals surface area (Å²) in [6, 6.07) is 26.2. The number of hydrogen-bond donors (Lipinski definition) is 4. The molecule has 0 radical (unpaired) electrons. The molecule has 3 heterocycles. The lowest BCUT2D eigenvalue weighted by Crippen LogP contribution is -2.50. The molecule has 3 aromatic carbocycles. The van der Waals surface area contributed by atoms with E-state index in [0.29, 0.717) is 32.2 Å². The highest BCUT2D eigenvalue weighted by Gasteiger charge is 2.34. The van der Waals surface area contributed by atoms with Gasteiger partial charge in [-0.15, -0.1) is 0 Å². The highest BCUT2D eigenvalue weighted by molar-refractivity contribution is 5.76. The Morgan fingerprint density at radius 2 is 1.48 bits per heavy atom. The summed E-state index contributed by atoms with van der Waals surface area (Å²) in [5, 5.41) is 21.2. The maximum Gasteiger partial charge on any atom is 0.243 e. The molecule has 6 rings (SSSR count). The van der Waals surface area contributed by atoms with Gasteiger partial charge in [0.25, 0.3) is 0 Å². The van der Waals surface area contributed by atoms with Gasteiger partial charge < -0.3 is 24.8 Å². The quantitative estimate of drug-likeness (QED) is 0.0749. The van der Waals surface area contributed by atoms with Crippen LogP contribution in [0.2, 0.25) is 0 Å². The third-order valence-electron chi connectivity index (χ3n) is 9.63. The first-order valence-electron chi connectivity index (χ1n) is 18.1. The van der Waals surface area contributed by atoms with Crippen LogP contribution in [-0.2, 0) is 32.2 Å². The number of benzene rings is 3. The maximum atomic E-state index is 12.5. The van der Waals surface area contributed by atoms with Gasteiger partial charge in [0.2, 0.25) is 17.8 Å². The molecular formula is C40H48N6O6. The number of unbranched alkanes of at least 4 members (excludes halogenated alkanes) is 2. The molecule has 1 aromatic heterocycles. The van der Waals surface area contributed by atoms with Crippen LogP contribution < -0.4 is 15.7 Å². The summed E-state index contributed by atoms with van der Waals surface area (Å²) in [6.07, 6.45) is 6.14. The fraction of sp³-hybridized carbons (Fsp3) is 0.400. The Bertz CT molecular complexity index is 1730. The van der Waals surface area contributed by atoms with Gasteiger partial charge in [-0.25, -0.2) is 15.4 Å². The Labute approximate surface area is 304 Å².